The van der Waals surface area contributed by atoms with Gasteiger partial charge in [-0.15, -0.1) is 21.5 Å². The highest BCUT2D eigenvalue weighted by molar-refractivity contribution is 7.99. The summed E-state index contributed by atoms with van der Waals surface area (Å²) >= 11 is 2.54. The number of para-hydroxylation sites is 1. The molecule has 0 bridgehead atoms. The van der Waals surface area contributed by atoms with Crippen molar-refractivity contribution in [1.29, 1.82) is 0 Å². The highest BCUT2D eigenvalue weighted by atomic mass is 32.2. The van der Waals surface area contributed by atoms with Gasteiger partial charge in [-0.3, -0.25) is 4.79 Å². The molecule has 1 unspecified atom stereocenters. The minimum absolute atomic E-state index is 0.0858. The van der Waals surface area contributed by atoms with Gasteiger partial charge in [0.05, 0.1) is 20.0 Å². The van der Waals surface area contributed by atoms with Crippen LogP contribution >= 0.6 is 23.1 Å². The fourth-order valence-corrected chi connectivity index (χ4v) is 5.57. The zero-order valence-corrected chi connectivity index (χ0v) is 23.1. The van der Waals surface area contributed by atoms with Crippen LogP contribution in [0.4, 0.5) is 5.00 Å². The molecule has 4 aromatic rings. The van der Waals surface area contributed by atoms with E-state index in [-0.39, 0.29) is 17.8 Å². The number of thiophene rings is 1. The molecular weight excluding hydrogens is 524 g/mol. The first-order valence-corrected chi connectivity index (χ1v) is 13.7. The summed E-state index contributed by atoms with van der Waals surface area (Å²) in [7, 11) is 2.91. The molecule has 2 heterocycles. The van der Waals surface area contributed by atoms with E-state index < -0.39 is 5.97 Å². The third-order valence-electron chi connectivity index (χ3n) is 5.65. The van der Waals surface area contributed by atoms with E-state index in [9.17, 15) is 9.59 Å². The number of esters is 1. The molecule has 9 nitrogen and oxygen atoms in total. The van der Waals surface area contributed by atoms with Crippen molar-refractivity contribution in [1.82, 2.24) is 14.8 Å². The topological polar surface area (TPSA) is 105 Å². The maximum atomic E-state index is 12.9. The van der Waals surface area contributed by atoms with E-state index in [0.717, 1.165) is 11.3 Å². The molecule has 1 atom stereocenters. The van der Waals surface area contributed by atoms with Gasteiger partial charge in [0.2, 0.25) is 5.91 Å². The van der Waals surface area contributed by atoms with Crippen LogP contribution in [0.2, 0.25) is 0 Å². The van der Waals surface area contributed by atoms with E-state index in [1.54, 1.807) is 7.11 Å². The minimum Gasteiger partial charge on any atom is -0.497 e. The lowest BCUT2D eigenvalue weighted by Gasteiger charge is -2.15. The number of carbonyl (C=O) groups excluding carboxylic acids is 2. The summed E-state index contributed by atoms with van der Waals surface area (Å²) in [5.41, 5.74) is 1.80. The number of methoxy groups -OCH3 is 2. The third-order valence-corrected chi connectivity index (χ3v) is 7.51. The van der Waals surface area contributed by atoms with Crippen LogP contribution in [0.5, 0.6) is 11.5 Å². The lowest BCUT2D eigenvalue weighted by atomic mass is 10.0. The zero-order chi connectivity index (χ0) is 27.1. The van der Waals surface area contributed by atoms with Crippen LogP contribution in [-0.4, -0.2) is 46.6 Å². The molecule has 11 heteroatoms. The lowest BCUT2D eigenvalue weighted by molar-refractivity contribution is -0.113. The van der Waals surface area contributed by atoms with E-state index in [0.29, 0.717) is 39.4 Å². The summed E-state index contributed by atoms with van der Waals surface area (Å²) in [6, 6.07) is 16.8. The van der Waals surface area contributed by atoms with Crippen molar-refractivity contribution in [2.75, 3.05) is 25.3 Å². The van der Waals surface area contributed by atoms with Crippen LogP contribution in [0.15, 0.2) is 65.1 Å². The van der Waals surface area contributed by atoms with Crippen molar-refractivity contribution in [3.05, 3.63) is 71.4 Å². The standard InChI is InChI=1S/C27H28N4O5S2/c1-5-31-24(17(2)36-20-9-7-6-8-10-20)29-30-27(31)38-16-22(32)28-25-23(26(33)35-4)21(15-37-25)18-11-13-19(34-3)14-12-18/h6-15,17H,5,16H2,1-4H3,(H,28,32). The Morgan fingerprint density at radius 3 is 2.45 bits per heavy atom. The second-order valence-electron chi connectivity index (χ2n) is 8.07. The fourth-order valence-electron chi connectivity index (χ4n) is 3.79. The first-order valence-electron chi connectivity index (χ1n) is 11.9. The maximum absolute atomic E-state index is 12.9. The Hall–Kier alpha value is -3.83. The largest absolute Gasteiger partial charge is 0.497 e. The predicted molar refractivity (Wildman–Crippen MR) is 148 cm³/mol. The van der Waals surface area contributed by atoms with Gasteiger partial charge >= 0.3 is 5.97 Å². The van der Waals surface area contributed by atoms with Gasteiger partial charge in [0.25, 0.3) is 0 Å². The summed E-state index contributed by atoms with van der Waals surface area (Å²) in [4.78, 5) is 25.5. The summed E-state index contributed by atoms with van der Waals surface area (Å²) in [6.07, 6.45) is -0.321. The molecule has 0 aliphatic carbocycles. The molecule has 1 amide bonds. The number of nitrogens with zero attached hydrogens (tertiary/aromatic N) is 3. The molecule has 0 aliphatic heterocycles. The molecule has 0 saturated carbocycles. The molecule has 2 aromatic carbocycles. The minimum atomic E-state index is -0.525. The molecule has 0 radical (unpaired) electrons. The molecule has 1 N–H and O–H groups in total. The number of amides is 1. The van der Waals surface area contributed by atoms with Crippen molar-refractivity contribution in [3.8, 4) is 22.6 Å². The van der Waals surface area contributed by atoms with Crippen LogP contribution in [0.3, 0.4) is 0 Å². The third kappa shape index (κ3) is 6.17. The van der Waals surface area contributed by atoms with Gasteiger partial charge in [0.1, 0.15) is 22.1 Å². The highest BCUT2D eigenvalue weighted by Gasteiger charge is 2.23. The van der Waals surface area contributed by atoms with Crippen LogP contribution < -0.4 is 14.8 Å². The Labute approximate surface area is 229 Å². The molecule has 2 aromatic heterocycles. The Bertz CT molecular complexity index is 1390. The number of benzene rings is 2. The predicted octanol–water partition coefficient (Wildman–Crippen LogP) is 5.69. The SMILES string of the molecule is CCn1c(SCC(=O)Nc2scc(-c3ccc(OC)cc3)c2C(=O)OC)nnc1C(C)Oc1ccccc1. The van der Waals surface area contributed by atoms with Crippen molar-refractivity contribution < 1.29 is 23.8 Å². The van der Waals surface area contributed by atoms with Crippen molar-refractivity contribution in [3.63, 3.8) is 0 Å². The summed E-state index contributed by atoms with van der Waals surface area (Å²) in [5.74, 6) is 1.41. The molecule has 0 spiro atoms. The number of anilines is 1. The van der Waals surface area contributed by atoms with Crippen molar-refractivity contribution >= 4 is 40.0 Å². The second-order valence-corrected chi connectivity index (χ2v) is 9.89. The fraction of sp³-hybridized carbons (Fsp3) is 0.259. The first-order chi connectivity index (χ1) is 18.4. The first kappa shape index (κ1) is 27.2. The lowest BCUT2D eigenvalue weighted by Crippen LogP contribution is -2.17. The van der Waals surface area contributed by atoms with Gasteiger partial charge in [-0.1, -0.05) is 42.1 Å². The number of hydrogen-bond acceptors (Lipinski definition) is 9. The van der Waals surface area contributed by atoms with Crippen molar-refractivity contribution in [2.45, 2.75) is 31.7 Å². The van der Waals surface area contributed by atoms with Crippen LogP contribution in [0, 0.1) is 0 Å². The van der Waals surface area contributed by atoms with Gasteiger partial charge in [-0.2, -0.15) is 0 Å². The normalized spacial score (nSPS) is 11.6. The summed E-state index contributed by atoms with van der Waals surface area (Å²) < 4.78 is 18.1. The molecule has 0 saturated heterocycles. The Morgan fingerprint density at radius 2 is 1.79 bits per heavy atom. The van der Waals surface area contributed by atoms with Crippen LogP contribution in [-0.2, 0) is 16.1 Å². The van der Waals surface area contributed by atoms with E-state index in [1.807, 2.05) is 78.4 Å². The zero-order valence-electron chi connectivity index (χ0n) is 21.5. The van der Waals surface area contributed by atoms with E-state index in [2.05, 4.69) is 15.5 Å². The van der Waals surface area contributed by atoms with Gasteiger partial charge in [0, 0.05) is 17.5 Å². The Balaban J connectivity index is 1.45. The molecular formula is C27H28N4O5S2. The second kappa shape index (κ2) is 12.6. The Kier molecular flexibility index (Phi) is 9.03. The van der Waals surface area contributed by atoms with Gasteiger partial charge in [0.15, 0.2) is 17.1 Å². The van der Waals surface area contributed by atoms with E-state index in [4.69, 9.17) is 14.2 Å². The summed E-state index contributed by atoms with van der Waals surface area (Å²) in [6.45, 7) is 4.52. The average Bonchev–Trinajstić information content (AvgIpc) is 3.56. The quantitative estimate of drug-likeness (QED) is 0.187. The molecule has 4 rings (SSSR count). The highest BCUT2D eigenvalue weighted by Crippen LogP contribution is 2.37. The monoisotopic (exact) mass is 552 g/mol. The van der Waals surface area contributed by atoms with E-state index >= 15 is 0 Å². The smallest absolute Gasteiger partial charge is 0.341 e. The summed E-state index contributed by atoms with van der Waals surface area (Å²) in [5, 5.41) is 14.3. The number of carbonyl (C=O) groups is 2. The van der Waals surface area contributed by atoms with Crippen LogP contribution in [0.25, 0.3) is 11.1 Å². The molecule has 0 fully saturated rings. The molecule has 38 heavy (non-hydrogen) atoms. The van der Waals surface area contributed by atoms with Gasteiger partial charge < -0.3 is 24.1 Å². The number of nitrogens with one attached hydrogen (secondary N) is 1. The maximum Gasteiger partial charge on any atom is 0.341 e. The number of thioether (sulfide) groups is 1. The number of aromatic nitrogens is 3. The molecule has 0 aliphatic rings. The number of ether oxygens (including phenoxy) is 3. The number of rotatable bonds is 11. The average molecular weight is 553 g/mol. The Morgan fingerprint density at radius 1 is 1.05 bits per heavy atom. The van der Waals surface area contributed by atoms with Crippen molar-refractivity contribution in [2.24, 2.45) is 0 Å². The van der Waals surface area contributed by atoms with E-state index in [1.165, 1.54) is 30.2 Å². The number of hydrogen-bond donors (Lipinski definition) is 1. The van der Waals surface area contributed by atoms with Crippen LogP contribution in [0.1, 0.15) is 36.1 Å². The van der Waals surface area contributed by atoms with Gasteiger partial charge in [-0.05, 0) is 43.7 Å². The van der Waals surface area contributed by atoms with Gasteiger partial charge in [-0.25, -0.2) is 4.79 Å². The molecule has 198 valence electrons.